The first kappa shape index (κ1) is 64.9. The lowest BCUT2D eigenvalue weighted by Gasteiger charge is -2.41. The molecule has 1 saturated heterocycles. The second kappa shape index (κ2) is 45.7. The van der Waals surface area contributed by atoms with E-state index in [4.69, 9.17) is 9.47 Å². The first-order valence-electron chi connectivity index (χ1n) is 28.6. The maximum absolute atomic E-state index is 13.1. The topological polar surface area (TPSA) is 192 Å². The number of allylic oxidation sites excluding steroid dienone is 2. The van der Waals surface area contributed by atoms with Crippen LogP contribution < -0.4 is 5.32 Å². The third kappa shape index (κ3) is 37.6. The molecule has 1 aliphatic heterocycles. The average Bonchev–Trinajstić information content (AvgIpc) is 3.31. The zero-order valence-corrected chi connectivity index (χ0v) is 44.5. The van der Waals surface area contributed by atoms with Gasteiger partial charge in [-0.3, -0.25) is 9.35 Å². The predicted octanol–water partition coefficient (Wildman–Crippen LogP) is 13.1. The van der Waals surface area contributed by atoms with E-state index in [1.807, 2.05) is 0 Å². The number of unbranched alkanes of at least 4 members (excludes halogenated alkanes) is 36. The molecule has 7 atom stereocenters. The van der Waals surface area contributed by atoms with Crippen LogP contribution in [0, 0.1) is 0 Å². The molecule has 0 radical (unpaired) electrons. The van der Waals surface area contributed by atoms with Gasteiger partial charge in [0.05, 0.1) is 25.4 Å². The molecule has 1 heterocycles. The number of carbonyl (C=O) groups excluding carboxylic acids is 1. The van der Waals surface area contributed by atoms with Crippen molar-refractivity contribution in [2.24, 2.45) is 0 Å². The third-order valence-electron chi connectivity index (χ3n) is 13.8. The van der Waals surface area contributed by atoms with Gasteiger partial charge in [0.2, 0.25) is 5.91 Å². The van der Waals surface area contributed by atoms with E-state index in [-0.39, 0.29) is 18.9 Å². The molecule has 7 unspecified atom stereocenters. The fourth-order valence-corrected chi connectivity index (χ4v) is 9.91. The summed E-state index contributed by atoms with van der Waals surface area (Å²) in [5.41, 5.74) is 0. The fourth-order valence-electron chi connectivity index (χ4n) is 9.40. The highest BCUT2D eigenvalue weighted by Crippen LogP contribution is 2.26. The van der Waals surface area contributed by atoms with E-state index < -0.39 is 59.9 Å². The van der Waals surface area contributed by atoms with E-state index in [0.29, 0.717) is 12.8 Å². The monoisotopic (exact) mass is 990 g/mol. The van der Waals surface area contributed by atoms with Crippen molar-refractivity contribution in [2.75, 3.05) is 13.2 Å². The number of nitrogens with one attached hydrogen (secondary N) is 1. The average molecular weight is 991 g/mol. The van der Waals surface area contributed by atoms with Gasteiger partial charge in [0, 0.05) is 6.42 Å². The summed E-state index contributed by atoms with van der Waals surface area (Å²) in [4.78, 5) is 13.1. The molecular weight excluding hydrogens is 883 g/mol. The smallest absolute Gasteiger partial charge is 0.394 e. The van der Waals surface area contributed by atoms with Gasteiger partial charge in [0.15, 0.2) is 6.29 Å². The Hall–Kier alpha value is -1.16. The highest BCUT2D eigenvalue weighted by atomic mass is 32.3. The summed E-state index contributed by atoms with van der Waals surface area (Å²) < 4.78 is 47.9. The van der Waals surface area contributed by atoms with Crippen LogP contribution in [0.3, 0.4) is 0 Å². The van der Waals surface area contributed by atoms with Crippen molar-refractivity contribution >= 4 is 16.3 Å². The largest absolute Gasteiger partial charge is 0.397 e. The van der Waals surface area contributed by atoms with Crippen molar-refractivity contribution in [3.8, 4) is 0 Å². The van der Waals surface area contributed by atoms with Crippen LogP contribution in [0.15, 0.2) is 12.2 Å². The van der Waals surface area contributed by atoms with Gasteiger partial charge in [-0.15, -0.1) is 0 Å². The maximum atomic E-state index is 13.1. The number of hydrogen-bond acceptors (Lipinski definition) is 10. The van der Waals surface area contributed by atoms with E-state index in [9.17, 15) is 38.2 Å². The number of carbonyl (C=O) groups is 1. The minimum absolute atomic E-state index is 0.230. The van der Waals surface area contributed by atoms with Gasteiger partial charge < -0.3 is 35.2 Å². The van der Waals surface area contributed by atoms with Gasteiger partial charge in [-0.1, -0.05) is 244 Å². The molecule has 404 valence electrons. The lowest BCUT2D eigenvalue weighted by molar-refractivity contribution is -0.298. The van der Waals surface area contributed by atoms with Crippen molar-refractivity contribution in [1.82, 2.24) is 5.32 Å². The van der Waals surface area contributed by atoms with E-state index in [2.05, 4.69) is 35.5 Å². The van der Waals surface area contributed by atoms with Gasteiger partial charge >= 0.3 is 10.4 Å². The molecule has 0 bridgehead atoms. The van der Waals surface area contributed by atoms with Crippen LogP contribution in [-0.4, -0.2) is 95.4 Å². The second-order valence-electron chi connectivity index (χ2n) is 20.2. The van der Waals surface area contributed by atoms with Crippen LogP contribution in [0.4, 0.5) is 0 Å². The summed E-state index contributed by atoms with van der Waals surface area (Å²) in [6, 6.07) is -0.858. The van der Waals surface area contributed by atoms with E-state index in [1.54, 1.807) is 0 Å². The normalized spacial score (nSPS) is 19.8. The Labute approximate surface area is 417 Å². The second-order valence-corrected chi connectivity index (χ2v) is 21.3. The Morgan fingerprint density at radius 1 is 0.574 bits per heavy atom. The van der Waals surface area contributed by atoms with Gasteiger partial charge in [0.25, 0.3) is 0 Å². The van der Waals surface area contributed by atoms with Crippen LogP contribution in [0.5, 0.6) is 0 Å². The van der Waals surface area contributed by atoms with Crippen LogP contribution in [0.1, 0.15) is 277 Å². The van der Waals surface area contributed by atoms with Gasteiger partial charge in [-0.05, 0) is 38.5 Å². The van der Waals surface area contributed by atoms with E-state index in [1.165, 1.54) is 193 Å². The minimum atomic E-state index is -5.08. The molecule has 0 aromatic rings. The standard InChI is InChI=1S/C55H107NO11S/c1-3-5-7-9-11-13-15-17-19-21-23-25-26-28-30-32-34-36-38-40-42-44-49(58)48(47-65-55-53(61)54(67-68(62,63)64)52(60)50(46-57)66-55)56-51(59)45-43-41-39-37-35-33-31-29-27-24-22-20-18-16-14-12-10-8-6-4-2/h24,27,48-50,52-55,57-58,60-61H,3-23,25-26,28-47H2,1-2H3,(H,56,59)(H,62,63,64)/b27-24-. The number of aliphatic hydroxyl groups is 4. The molecule has 0 aromatic heterocycles. The van der Waals surface area contributed by atoms with Crippen molar-refractivity contribution < 1.29 is 51.8 Å². The molecular formula is C55H107NO11S. The zero-order chi connectivity index (χ0) is 49.8. The van der Waals surface area contributed by atoms with Crippen molar-refractivity contribution in [3.05, 3.63) is 12.2 Å². The van der Waals surface area contributed by atoms with Crippen LogP contribution in [0.25, 0.3) is 0 Å². The molecule has 0 saturated carbocycles. The third-order valence-corrected chi connectivity index (χ3v) is 14.3. The molecule has 12 nitrogen and oxygen atoms in total. The summed E-state index contributed by atoms with van der Waals surface area (Å²) in [5, 5.41) is 45.1. The number of ether oxygens (including phenoxy) is 2. The summed E-state index contributed by atoms with van der Waals surface area (Å²) in [6.45, 7) is 3.49. The van der Waals surface area contributed by atoms with Gasteiger partial charge in [-0.2, -0.15) is 8.42 Å². The highest BCUT2D eigenvalue weighted by molar-refractivity contribution is 7.80. The molecule has 6 N–H and O–H groups in total. The molecule has 1 fully saturated rings. The maximum Gasteiger partial charge on any atom is 0.397 e. The minimum Gasteiger partial charge on any atom is -0.394 e. The first-order valence-corrected chi connectivity index (χ1v) is 29.9. The number of aliphatic hydroxyl groups excluding tert-OH is 4. The fraction of sp³-hybridized carbons (Fsp3) is 0.945. The van der Waals surface area contributed by atoms with Crippen LogP contribution in [-0.2, 0) is 28.9 Å². The zero-order valence-electron chi connectivity index (χ0n) is 43.7. The van der Waals surface area contributed by atoms with Crippen molar-refractivity contribution in [2.45, 2.75) is 320 Å². The SMILES string of the molecule is CCCCCCCCCCC/C=C\CCCCCCCCCC(=O)NC(COC1OC(CO)C(O)C(OS(=O)(=O)O)C1O)C(O)CCCCCCCCCCCCCCCCCCCCCCC. The van der Waals surface area contributed by atoms with E-state index in [0.717, 1.165) is 51.4 Å². The Kier molecular flexibility index (Phi) is 43.6. The Balaban J connectivity index is 2.37. The molecule has 0 spiro atoms. The van der Waals surface area contributed by atoms with Crippen LogP contribution in [0.2, 0.25) is 0 Å². The molecule has 1 aliphatic rings. The Bertz CT molecular complexity index is 1260. The van der Waals surface area contributed by atoms with Crippen molar-refractivity contribution in [1.29, 1.82) is 0 Å². The molecule has 68 heavy (non-hydrogen) atoms. The lowest BCUT2D eigenvalue weighted by Crippen LogP contribution is -2.61. The first-order chi connectivity index (χ1) is 33.0. The molecule has 0 aromatic carbocycles. The van der Waals surface area contributed by atoms with Crippen molar-refractivity contribution in [3.63, 3.8) is 0 Å². The Morgan fingerprint density at radius 3 is 1.32 bits per heavy atom. The van der Waals surface area contributed by atoms with E-state index >= 15 is 0 Å². The number of hydrogen-bond donors (Lipinski definition) is 6. The summed E-state index contributed by atoms with van der Waals surface area (Å²) in [5.74, 6) is -0.230. The van der Waals surface area contributed by atoms with Gasteiger partial charge in [0.1, 0.15) is 24.4 Å². The summed E-state index contributed by atoms with van der Waals surface area (Å²) in [6.07, 6.45) is 44.9. The molecule has 13 heteroatoms. The van der Waals surface area contributed by atoms with Gasteiger partial charge in [-0.25, -0.2) is 4.18 Å². The summed E-state index contributed by atoms with van der Waals surface area (Å²) >= 11 is 0. The Morgan fingerprint density at radius 2 is 0.941 bits per heavy atom. The van der Waals surface area contributed by atoms with Crippen LogP contribution >= 0.6 is 0 Å². The molecule has 1 rings (SSSR count). The predicted molar refractivity (Wildman–Crippen MR) is 278 cm³/mol. The number of amides is 1. The summed E-state index contributed by atoms with van der Waals surface area (Å²) in [7, 11) is -5.08. The quantitative estimate of drug-likeness (QED) is 0.0193. The highest BCUT2D eigenvalue weighted by Gasteiger charge is 2.48. The number of rotatable bonds is 50. The lowest BCUT2D eigenvalue weighted by atomic mass is 9.99. The molecule has 0 aliphatic carbocycles. The molecule has 1 amide bonds.